The van der Waals surface area contributed by atoms with E-state index in [1.54, 1.807) is 7.11 Å². The maximum atomic E-state index is 12.9. The third-order valence-electron chi connectivity index (χ3n) is 5.69. The molecular formula is C20H24N2O2. The zero-order chi connectivity index (χ0) is 16.6. The third-order valence-corrected chi connectivity index (χ3v) is 5.69. The molecule has 2 fully saturated rings. The fourth-order valence-electron chi connectivity index (χ4n) is 4.41. The lowest BCUT2D eigenvalue weighted by Crippen LogP contribution is -2.53. The van der Waals surface area contributed by atoms with Gasteiger partial charge in [0.1, 0.15) is 5.75 Å². The molecule has 0 aromatic heterocycles. The number of fused-ring (bicyclic) bond motifs is 1. The monoisotopic (exact) mass is 324 g/mol. The number of methoxy groups -OCH3 is 1. The second-order valence-electron chi connectivity index (χ2n) is 7.00. The van der Waals surface area contributed by atoms with Crippen LogP contribution in [0.2, 0.25) is 0 Å². The molecule has 1 aliphatic carbocycles. The van der Waals surface area contributed by atoms with Crippen molar-refractivity contribution in [1.82, 2.24) is 10.6 Å². The Hall–Kier alpha value is -2.07. The van der Waals surface area contributed by atoms with Crippen molar-refractivity contribution in [3.63, 3.8) is 0 Å². The Morgan fingerprint density at radius 3 is 2.62 bits per heavy atom. The smallest absolute Gasteiger partial charge is 0.255 e. The molecule has 126 valence electrons. The van der Waals surface area contributed by atoms with Crippen LogP contribution in [-0.4, -0.2) is 31.1 Å². The summed E-state index contributed by atoms with van der Waals surface area (Å²) >= 11 is 0. The van der Waals surface area contributed by atoms with Gasteiger partial charge in [0.05, 0.1) is 12.7 Å². The maximum Gasteiger partial charge on any atom is 0.255 e. The van der Waals surface area contributed by atoms with Crippen LogP contribution >= 0.6 is 0 Å². The van der Waals surface area contributed by atoms with Crippen LogP contribution in [0.3, 0.4) is 0 Å². The van der Waals surface area contributed by atoms with E-state index in [9.17, 15) is 4.79 Å². The Morgan fingerprint density at radius 2 is 1.92 bits per heavy atom. The summed E-state index contributed by atoms with van der Waals surface area (Å²) in [5.74, 6) is 0.607. The van der Waals surface area contributed by atoms with Crippen LogP contribution in [0, 0.1) is 0 Å². The lowest BCUT2D eigenvalue weighted by Gasteiger charge is -2.32. The highest BCUT2D eigenvalue weighted by Crippen LogP contribution is 2.37. The van der Waals surface area contributed by atoms with E-state index in [1.165, 1.54) is 12.8 Å². The Kier molecular flexibility index (Phi) is 3.93. The molecule has 24 heavy (non-hydrogen) atoms. The Morgan fingerprint density at radius 1 is 1.21 bits per heavy atom. The van der Waals surface area contributed by atoms with Gasteiger partial charge < -0.3 is 15.4 Å². The first-order valence-corrected chi connectivity index (χ1v) is 8.84. The number of nitrogens with one attached hydrogen (secondary N) is 2. The number of amides is 1. The summed E-state index contributed by atoms with van der Waals surface area (Å²) in [4.78, 5) is 12.9. The van der Waals surface area contributed by atoms with Crippen LogP contribution < -0.4 is 15.4 Å². The van der Waals surface area contributed by atoms with E-state index in [2.05, 4.69) is 10.6 Å². The number of ether oxygens (including phenoxy) is 1. The van der Waals surface area contributed by atoms with Gasteiger partial charge in [-0.15, -0.1) is 0 Å². The molecule has 2 aromatic rings. The van der Waals surface area contributed by atoms with Gasteiger partial charge in [-0.2, -0.15) is 0 Å². The van der Waals surface area contributed by atoms with Gasteiger partial charge >= 0.3 is 0 Å². The number of carbonyl (C=O) groups is 1. The highest BCUT2D eigenvalue weighted by Gasteiger charge is 2.45. The first kappa shape index (κ1) is 15.5. The Bertz CT molecular complexity index is 760. The molecule has 4 heteroatoms. The Balaban J connectivity index is 1.63. The van der Waals surface area contributed by atoms with Crippen molar-refractivity contribution in [2.75, 3.05) is 13.7 Å². The minimum absolute atomic E-state index is 0.0300. The highest BCUT2D eigenvalue weighted by molar-refractivity contribution is 6.01. The molecule has 4 rings (SSSR count). The molecule has 1 unspecified atom stereocenters. The zero-order valence-electron chi connectivity index (χ0n) is 14.1. The lowest BCUT2D eigenvalue weighted by atomic mass is 9.90. The molecular weight excluding hydrogens is 300 g/mol. The summed E-state index contributed by atoms with van der Waals surface area (Å²) in [6.07, 6.45) is 5.82. The van der Waals surface area contributed by atoms with Gasteiger partial charge in [0, 0.05) is 11.6 Å². The largest absolute Gasteiger partial charge is 0.496 e. The summed E-state index contributed by atoms with van der Waals surface area (Å²) in [6.45, 7) is 0.986. The average molecular weight is 324 g/mol. The van der Waals surface area contributed by atoms with Crippen molar-refractivity contribution in [3.05, 3.63) is 42.0 Å². The van der Waals surface area contributed by atoms with Gasteiger partial charge in [-0.1, -0.05) is 37.1 Å². The van der Waals surface area contributed by atoms with Crippen molar-refractivity contribution >= 4 is 16.7 Å². The second-order valence-corrected chi connectivity index (χ2v) is 7.00. The molecule has 0 radical (unpaired) electrons. The fraction of sp³-hybridized carbons (Fsp3) is 0.450. The van der Waals surface area contributed by atoms with Crippen LogP contribution in [0.5, 0.6) is 5.75 Å². The normalized spacial score (nSPS) is 22.1. The molecule has 1 saturated heterocycles. The molecule has 0 bridgehead atoms. The molecule has 2 N–H and O–H groups in total. The van der Waals surface area contributed by atoms with Crippen LogP contribution in [0.4, 0.5) is 0 Å². The van der Waals surface area contributed by atoms with E-state index < -0.39 is 0 Å². The summed E-state index contributed by atoms with van der Waals surface area (Å²) in [6, 6.07) is 12.1. The Labute approximate surface area is 142 Å². The average Bonchev–Trinajstić information content (AvgIpc) is 3.24. The van der Waals surface area contributed by atoms with Gasteiger partial charge in [0.25, 0.3) is 5.91 Å². The van der Waals surface area contributed by atoms with Gasteiger partial charge in [-0.05, 0) is 48.7 Å². The molecule has 1 atom stereocenters. The quantitative estimate of drug-likeness (QED) is 0.911. The van der Waals surface area contributed by atoms with Crippen LogP contribution in [0.25, 0.3) is 10.8 Å². The molecule has 2 aliphatic rings. The van der Waals surface area contributed by atoms with Crippen LogP contribution in [0.1, 0.15) is 42.5 Å². The molecule has 4 nitrogen and oxygen atoms in total. The van der Waals surface area contributed by atoms with Crippen molar-refractivity contribution in [3.8, 4) is 5.75 Å². The topological polar surface area (TPSA) is 50.4 Å². The third kappa shape index (κ3) is 2.55. The van der Waals surface area contributed by atoms with E-state index in [0.717, 1.165) is 36.6 Å². The summed E-state index contributed by atoms with van der Waals surface area (Å²) < 4.78 is 5.48. The van der Waals surface area contributed by atoms with Crippen LogP contribution in [-0.2, 0) is 0 Å². The van der Waals surface area contributed by atoms with Gasteiger partial charge in [-0.25, -0.2) is 0 Å². The van der Waals surface area contributed by atoms with Gasteiger partial charge in [0.2, 0.25) is 0 Å². The molecule has 1 saturated carbocycles. The highest BCUT2D eigenvalue weighted by atomic mass is 16.5. The van der Waals surface area contributed by atoms with Crippen molar-refractivity contribution < 1.29 is 9.53 Å². The number of rotatable bonds is 3. The predicted octanol–water partition coefficient (Wildman–Crippen LogP) is 3.25. The number of hydrogen-bond donors (Lipinski definition) is 2. The van der Waals surface area contributed by atoms with E-state index >= 15 is 0 Å². The van der Waals surface area contributed by atoms with Gasteiger partial charge in [0.15, 0.2) is 0 Å². The molecule has 1 aliphatic heterocycles. The molecule has 1 spiro atoms. The van der Waals surface area contributed by atoms with Crippen molar-refractivity contribution in [1.29, 1.82) is 0 Å². The predicted molar refractivity (Wildman–Crippen MR) is 95.6 cm³/mol. The van der Waals surface area contributed by atoms with E-state index in [4.69, 9.17) is 4.74 Å². The zero-order valence-corrected chi connectivity index (χ0v) is 14.1. The first-order valence-electron chi connectivity index (χ1n) is 8.84. The van der Waals surface area contributed by atoms with Crippen molar-refractivity contribution in [2.24, 2.45) is 0 Å². The number of benzene rings is 2. The van der Waals surface area contributed by atoms with E-state index in [1.807, 2.05) is 36.4 Å². The molecule has 1 amide bonds. The SMILES string of the molecule is COc1cc2ccccc2cc1C(=O)NC1CCNC12CCCC2. The van der Waals surface area contributed by atoms with Gasteiger partial charge in [-0.3, -0.25) is 4.79 Å². The standard InChI is InChI=1S/C20H24N2O2/c1-24-17-13-15-7-3-2-6-14(15)12-16(17)19(23)22-18-8-11-21-20(18)9-4-5-10-20/h2-3,6-7,12-13,18,21H,4-5,8-11H2,1H3,(H,22,23). The van der Waals surface area contributed by atoms with Crippen LogP contribution in [0.15, 0.2) is 36.4 Å². The van der Waals surface area contributed by atoms with Crippen molar-refractivity contribution in [2.45, 2.75) is 43.7 Å². The first-order chi connectivity index (χ1) is 11.7. The van der Waals surface area contributed by atoms with E-state index in [-0.39, 0.29) is 17.5 Å². The number of carbonyl (C=O) groups excluding carboxylic acids is 1. The van der Waals surface area contributed by atoms with E-state index in [0.29, 0.717) is 11.3 Å². The summed E-state index contributed by atoms with van der Waals surface area (Å²) in [5, 5.41) is 9.08. The minimum Gasteiger partial charge on any atom is -0.496 e. The molecule has 1 heterocycles. The fourth-order valence-corrected chi connectivity index (χ4v) is 4.41. The minimum atomic E-state index is -0.0300. The number of hydrogen-bond acceptors (Lipinski definition) is 3. The summed E-state index contributed by atoms with van der Waals surface area (Å²) in [5.41, 5.74) is 0.732. The lowest BCUT2D eigenvalue weighted by molar-refractivity contribution is 0.0915. The maximum absolute atomic E-state index is 12.9. The summed E-state index contributed by atoms with van der Waals surface area (Å²) in [7, 11) is 1.62. The molecule has 2 aromatic carbocycles. The second kappa shape index (κ2) is 6.10.